The van der Waals surface area contributed by atoms with E-state index in [1.807, 2.05) is 31.2 Å². The topological polar surface area (TPSA) is 45.6 Å². The van der Waals surface area contributed by atoms with Gasteiger partial charge in [-0.25, -0.2) is 4.98 Å². The Morgan fingerprint density at radius 3 is 2.45 bits per heavy atom. The van der Waals surface area contributed by atoms with Crippen LogP contribution in [0.3, 0.4) is 0 Å². The van der Waals surface area contributed by atoms with Crippen molar-refractivity contribution in [2.45, 2.75) is 39.5 Å². The lowest BCUT2D eigenvalue weighted by molar-refractivity contribution is 0.102. The molecule has 0 saturated heterocycles. The second-order valence-electron chi connectivity index (χ2n) is 5.74. The van der Waals surface area contributed by atoms with Crippen LogP contribution in [-0.4, -0.2) is 40.8 Å². The molecule has 0 bridgehead atoms. The van der Waals surface area contributed by atoms with Crippen LogP contribution in [0, 0.1) is 0 Å². The van der Waals surface area contributed by atoms with Gasteiger partial charge in [0.2, 0.25) is 0 Å². The van der Waals surface area contributed by atoms with Crippen LogP contribution in [0.5, 0.6) is 5.75 Å². The third-order valence-electron chi connectivity index (χ3n) is 3.48. The summed E-state index contributed by atoms with van der Waals surface area (Å²) in [6.07, 6.45) is -0.331. The fraction of sp³-hybridized carbons (Fsp3) is 0.471. The van der Waals surface area contributed by atoms with E-state index in [2.05, 4.69) is 24.1 Å². The summed E-state index contributed by atoms with van der Waals surface area (Å²) in [5.74, 6) is 0.850. The van der Waals surface area contributed by atoms with Gasteiger partial charge in [0.25, 0.3) is 0 Å². The molecular formula is C17H24N2O2S. The van der Waals surface area contributed by atoms with Crippen LogP contribution in [0.15, 0.2) is 29.6 Å². The van der Waals surface area contributed by atoms with Crippen LogP contribution in [0.25, 0.3) is 10.6 Å². The number of ether oxygens (including phenoxy) is 1. The van der Waals surface area contributed by atoms with Gasteiger partial charge in [0, 0.05) is 30.1 Å². The molecular weight excluding hydrogens is 296 g/mol. The van der Waals surface area contributed by atoms with E-state index in [-0.39, 0.29) is 6.10 Å². The average Bonchev–Trinajstić information content (AvgIpc) is 2.94. The zero-order valence-electron chi connectivity index (χ0n) is 13.6. The van der Waals surface area contributed by atoms with E-state index in [1.54, 1.807) is 18.4 Å². The van der Waals surface area contributed by atoms with Crippen molar-refractivity contribution in [3.05, 3.63) is 35.3 Å². The molecule has 0 spiro atoms. The molecule has 1 N–H and O–H groups in total. The molecule has 1 aromatic heterocycles. The van der Waals surface area contributed by atoms with Gasteiger partial charge in [0.15, 0.2) is 0 Å². The summed E-state index contributed by atoms with van der Waals surface area (Å²) in [4.78, 5) is 6.95. The highest BCUT2D eigenvalue weighted by Gasteiger charge is 2.14. The van der Waals surface area contributed by atoms with Gasteiger partial charge in [0.05, 0.1) is 18.9 Å². The van der Waals surface area contributed by atoms with Crippen molar-refractivity contribution in [2.24, 2.45) is 0 Å². The van der Waals surface area contributed by atoms with Gasteiger partial charge >= 0.3 is 0 Å². The zero-order chi connectivity index (χ0) is 16.1. The first-order valence-corrected chi connectivity index (χ1v) is 8.38. The molecule has 120 valence electrons. The van der Waals surface area contributed by atoms with E-state index >= 15 is 0 Å². The van der Waals surface area contributed by atoms with E-state index in [1.165, 1.54) is 0 Å². The van der Waals surface area contributed by atoms with Crippen molar-refractivity contribution in [1.82, 2.24) is 9.88 Å². The van der Waals surface area contributed by atoms with Crippen LogP contribution < -0.4 is 4.74 Å². The Morgan fingerprint density at radius 2 is 1.91 bits per heavy atom. The number of aromatic nitrogens is 1. The van der Waals surface area contributed by atoms with E-state index in [0.29, 0.717) is 12.6 Å². The molecule has 2 rings (SSSR count). The molecule has 2 aromatic rings. The Kier molecular flexibility index (Phi) is 5.94. The summed E-state index contributed by atoms with van der Waals surface area (Å²) >= 11 is 1.65. The number of nitrogens with zero attached hydrogens (tertiary/aromatic N) is 2. The molecule has 0 aliphatic carbocycles. The maximum Gasteiger partial charge on any atom is 0.123 e. The molecule has 0 radical (unpaired) electrons. The third-order valence-corrected chi connectivity index (χ3v) is 4.42. The molecule has 5 heteroatoms. The second-order valence-corrected chi connectivity index (χ2v) is 6.60. The van der Waals surface area contributed by atoms with Gasteiger partial charge in [-0.2, -0.15) is 0 Å². The maximum atomic E-state index is 9.61. The van der Waals surface area contributed by atoms with Crippen molar-refractivity contribution < 1.29 is 9.84 Å². The summed E-state index contributed by atoms with van der Waals surface area (Å²) < 4.78 is 5.18. The SMILES string of the molecule is COc1ccc(-c2nc(CN(CC(C)O)C(C)C)cs2)cc1. The zero-order valence-corrected chi connectivity index (χ0v) is 14.4. The number of aliphatic hydroxyl groups is 1. The summed E-state index contributed by atoms with van der Waals surface area (Å²) in [6.45, 7) is 7.51. The van der Waals surface area contributed by atoms with Crippen molar-refractivity contribution in [3.8, 4) is 16.3 Å². The molecule has 0 saturated carbocycles. The predicted octanol–water partition coefficient (Wildman–Crippen LogP) is 3.41. The molecule has 0 amide bonds. The quantitative estimate of drug-likeness (QED) is 0.849. The lowest BCUT2D eigenvalue weighted by Crippen LogP contribution is -2.36. The van der Waals surface area contributed by atoms with Crippen molar-refractivity contribution >= 4 is 11.3 Å². The van der Waals surface area contributed by atoms with Crippen molar-refractivity contribution in [3.63, 3.8) is 0 Å². The standard InChI is InChI=1S/C17H24N2O2S/c1-12(2)19(9-13(3)20)10-15-11-22-17(18-15)14-5-7-16(21-4)8-6-14/h5-8,11-13,20H,9-10H2,1-4H3. The van der Waals surface area contributed by atoms with Gasteiger partial charge in [-0.15, -0.1) is 11.3 Å². The van der Waals surface area contributed by atoms with Gasteiger partial charge < -0.3 is 9.84 Å². The third kappa shape index (κ3) is 4.53. The van der Waals surface area contributed by atoms with Gasteiger partial charge in [-0.05, 0) is 45.0 Å². The lowest BCUT2D eigenvalue weighted by atomic mass is 10.2. The van der Waals surface area contributed by atoms with Crippen LogP contribution in [0.1, 0.15) is 26.5 Å². The monoisotopic (exact) mass is 320 g/mol. The van der Waals surface area contributed by atoms with E-state index in [0.717, 1.165) is 28.6 Å². The van der Waals surface area contributed by atoms with Crippen LogP contribution >= 0.6 is 11.3 Å². The minimum atomic E-state index is -0.331. The highest BCUT2D eigenvalue weighted by Crippen LogP contribution is 2.26. The van der Waals surface area contributed by atoms with Gasteiger partial charge in [-0.1, -0.05) is 0 Å². The maximum absolute atomic E-state index is 9.61. The molecule has 1 heterocycles. The minimum absolute atomic E-state index is 0.331. The molecule has 1 aromatic carbocycles. The molecule has 22 heavy (non-hydrogen) atoms. The predicted molar refractivity (Wildman–Crippen MR) is 91.3 cm³/mol. The average molecular weight is 320 g/mol. The summed E-state index contributed by atoms with van der Waals surface area (Å²) in [5, 5.41) is 12.7. The number of hydrogen-bond acceptors (Lipinski definition) is 5. The van der Waals surface area contributed by atoms with Crippen LogP contribution in [0.4, 0.5) is 0 Å². The Morgan fingerprint density at radius 1 is 1.23 bits per heavy atom. The molecule has 0 aliphatic rings. The van der Waals surface area contributed by atoms with Crippen LogP contribution in [0.2, 0.25) is 0 Å². The van der Waals surface area contributed by atoms with Gasteiger partial charge in [-0.3, -0.25) is 4.90 Å². The molecule has 4 nitrogen and oxygen atoms in total. The lowest BCUT2D eigenvalue weighted by Gasteiger charge is -2.26. The summed E-state index contributed by atoms with van der Waals surface area (Å²) in [6, 6.07) is 8.32. The van der Waals surface area contributed by atoms with E-state index in [4.69, 9.17) is 9.72 Å². The summed E-state index contributed by atoms with van der Waals surface area (Å²) in [5.41, 5.74) is 2.15. The highest BCUT2D eigenvalue weighted by atomic mass is 32.1. The Labute approximate surface area is 136 Å². The summed E-state index contributed by atoms with van der Waals surface area (Å²) in [7, 11) is 1.67. The number of thiazole rings is 1. The van der Waals surface area contributed by atoms with Crippen molar-refractivity contribution in [1.29, 1.82) is 0 Å². The Balaban J connectivity index is 2.09. The number of rotatable bonds is 7. The normalized spacial score (nSPS) is 12.9. The first kappa shape index (κ1) is 16.9. The molecule has 0 fully saturated rings. The largest absolute Gasteiger partial charge is 0.497 e. The Bertz CT molecular complexity index is 579. The fourth-order valence-electron chi connectivity index (χ4n) is 2.25. The number of hydrogen-bond donors (Lipinski definition) is 1. The van der Waals surface area contributed by atoms with Gasteiger partial charge in [0.1, 0.15) is 10.8 Å². The molecule has 1 unspecified atom stereocenters. The fourth-order valence-corrected chi connectivity index (χ4v) is 3.07. The van der Waals surface area contributed by atoms with E-state index in [9.17, 15) is 5.11 Å². The highest BCUT2D eigenvalue weighted by molar-refractivity contribution is 7.13. The van der Waals surface area contributed by atoms with Crippen LogP contribution in [-0.2, 0) is 6.54 Å². The number of methoxy groups -OCH3 is 1. The smallest absolute Gasteiger partial charge is 0.123 e. The van der Waals surface area contributed by atoms with E-state index < -0.39 is 0 Å². The van der Waals surface area contributed by atoms with Crippen molar-refractivity contribution in [2.75, 3.05) is 13.7 Å². The first-order valence-electron chi connectivity index (χ1n) is 7.50. The second kappa shape index (κ2) is 7.72. The number of benzene rings is 1. The molecule has 1 atom stereocenters. The molecule has 0 aliphatic heterocycles. The Hall–Kier alpha value is -1.43. The first-order chi connectivity index (χ1) is 10.5. The number of aliphatic hydroxyl groups excluding tert-OH is 1. The minimum Gasteiger partial charge on any atom is -0.497 e.